The number of imidazole rings is 1. The van der Waals surface area contributed by atoms with Crippen LogP contribution in [0.25, 0.3) is 11.2 Å². The van der Waals surface area contributed by atoms with Crippen LogP contribution in [0.5, 0.6) is 5.75 Å². The van der Waals surface area contributed by atoms with Crippen molar-refractivity contribution in [2.45, 2.75) is 51.7 Å². The van der Waals surface area contributed by atoms with Gasteiger partial charge in [0.2, 0.25) is 5.95 Å². The summed E-state index contributed by atoms with van der Waals surface area (Å²) in [6, 6.07) is 7.91. The number of aromatic nitrogens is 4. The molecule has 0 saturated heterocycles. The van der Waals surface area contributed by atoms with Gasteiger partial charge in [0.15, 0.2) is 17.5 Å². The Balaban J connectivity index is 1.74. The van der Waals surface area contributed by atoms with E-state index in [4.69, 9.17) is 36.1 Å². The highest BCUT2D eigenvalue weighted by Gasteiger charge is 2.38. The number of ether oxygens (including phenoxy) is 2. The van der Waals surface area contributed by atoms with Gasteiger partial charge in [-0.05, 0) is 51.6 Å². The summed E-state index contributed by atoms with van der Waals surface area (Å²) in [6.45, 7) is 1.80. The molecule has 0 saturated carbocycles. The van der Waals surface area contributed by atoms with Gasteiger partial charge in [-0.3, -0.25) is 9.36 Å². The Bertz CT molecular complexity index is 1260. The fraction of sp³-hybridized carbons (Fsp3) is 0.478. The molecule has 2 heterocycles. The number of aliphatic hydroxyl groups excluding tert-OH is 1. The molecule has 0 aliphatic heterocycles. The highest BCUT2D eigenvalue weighted by Crippen LogP contribution is 2.45. The topological polar surface area (TPSA) is 156 Å². The van der Waals surface area contributed by atoms with Gasteiger partial charge < -0.3 is 29.4 Å². The molecule has 3 aromatic rings. The quantitative estimate of drug-likeness (QED) is 0.148. The molecule has 208 valence electrons. The van der Waals surface area contributed by atoms with Crippen molar-refractivity contribution in [2.24, 2.45) is 0 Å². The van der Waals surface area contributed by atoms with Crippen molar-refractivity contribution < 1.29 is 32.8 Å². The fourth-order valence-electron chi connectivity index (χ4n) is 3.29. The molecule has 38 heavy (non-hydrogen) atoms. The van der Waals surface area contributed by atoms with Gasteiger partial charge in [0.05, 0.1) is 38.4 Å². The average Bonchev–Trinajstić information content (AvgIpc) is 3.26. The Kier molecular flexibility index (Phi) is 10.1. The Morgan fingerprint density at radius 1 is 1.26 bits per heavy atom. The van der Waals surface area contributed by atoms with Crippen LogP contribution in [0, 0.1) is 0 Å². The number of nitrogen functional groups attached to an aromatic ring is 1. The molecule has 12 nitrogen and oxygen atoms in total. The van der Waals surface area contributed by atoms with Gasteiger partial charge in [-0.25, -0.2) is 19.4 Å². The zero-order chi connectivity index (χ0) is 27.9. The first-order valence-electron chi connectivity index (χ1n) is 11.8. The van der Waals surface area contributed by atoms with E-state index in [-0.39, 0.29) is 30.9 Å². The standard InChI is InChI=1S/C23H32FN6O6PS/c1-15(2)35-20(32)16(3)29-37(38,36-17-8-6-5-7-9-17)34-11-10-33-21(23(4,24)13-31)30-14-27-18-12-26-22(25)28-19(18)30/h5-9,12,14-16,21,31H,10-11,13H2,1-4H3,(H,29,38)(H2,25,26,28)/t16-,21-,23-,37-/m1/s1. The second-order valence-electron chi connectivity index (χ2n) is 8.82. The number of anilines is 1. The molecule has 0 aliphatic rings. The largest absolute Gasteiger partial charge is 0.462 e. The maximum absolute atomic E-state index is 15.3. The first-order chi connectivity index (χ1) is 17.9. The van der Waals surface area contributed by atoms with Crippen LogP contribution in [-0.2, 0) is 30.6 Å². The Morgan fingerprint density at radius 2 is 1.97 bits per heavy atom. The van der Waals surface area contributed by atoms with Crippen LogP contribution in [0.1, 0.15) is 33.9 Å². The molecule has 4 atom stereocenters. The molecule has 0 amide bonds. The van der Waals surface area contributed by atoms with Gasteiger partial charge in [-0.15, -0.1) is 0 Å². The number of hydrogen-bond acceptors (Lipinski definition) is 11. The van der Waals surface area contributed by atoms with Crippen LogP contribution >= 0.6 is 6.64 Å². The number of esters is 1. The third-order valence-electron chi connectivity index (χ3n) is 5.06. The number of carbonyl (C=O) groups excluding carboxylic acids is 1. The van der Waals surface area contributed by atoms with Crippen LogP contribution in [0.15, 0.2) is 42.9 Å². The van der Waals surface area contributed by atoms with E-state index in [0.717, 1.165) is 0 Å². The SMILES string of the molecule is CC(C)OC(=O)[C@@H](C)N[P@@](=S)(OCCO[C@@H](n1cnc2cnc(N)nc21)[C@](C)(F)CO)Oc1ccccc1. The number of benzene rings is 1. The van der Waals surface area contributed by atoms with Crippen LogP contribution in [-0.4, -0.2) is 68.2 Å². The van der Waals surface area contributed by atoms with Gasteiger partial charge in [0.1, 0.15) is 17.3 Å². The van der Waals surface area contributed by atoms with E-state index in [0.29, 0.717) is 11.3 Å². The van der Waals surface area contributed by atoms with Crippen molar-refractivity contribution in [3.05, 3.63) is 42.9 Å². The Morgan fingerprint density at radius 3 is 2.63 bits per heavy atom. The first-order valence-corrected chi connectivity index (χ1v) is 14.4. The minimum atomic E-state index is -3.30. The number of nitrogens with one attached hydrogen (secondary N) is 1. The molecule has 3 rings (SSSR count). The molecule has 4 N–H and O–H groups in total. The van der Waals surface area contributed by atoms with E-state index in [2.05, 4.69) is 20.0 Å². The van der Waals surface area contributed by atoms with Gasteiger partial charge in [0.25, 0.3) is 0 Å². The summed E-state index contributed by atoms with van der Waals surface area (Å²) in [6.07, 6.45) is 1.07. The predicted molar refractivity (Wildman–Crippen MR) is 142 cm³/mol. The van der Waals surface area contributed by atoms with Crippen LogP contribution in [0.2, 0.25) is 0 Å². The van der Waals surface area contributed by atoms with Crippen molar-refractivity contribution >= 4 is 41.5 Å². The monoisotopic (exact) mass is 570 g/mol. The molecule has 2 aromatic heterocycles. The fourth-order valence-corrected chi connectivity index (χ4v) is 5.72. The molecule has 0 aliphatic carbocycles. The molecule has 0 unspecified atom stereocenters. The average molecular weight is 571 g/mol. The summed E-state index contributed by atoms with van der Waals surface area (Å²) >= 11 is 5.66. The summed E-state index contributed by atoms with van der Waals surface area (Å²) in [5.74, 6) is -0.110. The highest BCUT2D eigenvalue weighted by molar-refractivity contribution is 8.09. The third kappa shape index (κ3) is 7.88. The van der Waals surface area contributed by atoms with Crippen molar-refractivity contribution in [2.75, 3.05) is 25.6 Å². The summed E-state index contributed by atoms with van der Waals surface area (Å²) in [5.41, 5.74) is 4.07. The summed E-state index contributed by atoms with van der Waals surface area (Å²) in [4.78, 5) is 24.5. The van der Waals surface area contributed by atoms with Gasteiger partial charge in [-0.1, -0.05) is 18.2 Å². The number of nitrogens with two attached hydrogens (primary N) is 1. The molecule has 1 aromatic carbocycles. The van der Waals surface area contributed by atoms with Crippen molar-refractivity contribution in [1.29, 1.82) is 0 Å². The molecule has 0 bridgehead atoms. The van der Waals surface area contributed by atoms with Crippen molar-refractivity contribution in [3.8, 4) is 5.75 Å². The van der Waals surface area contributed by atoms with E-state index in [1.807, 2.05) is 6.07 Å². The summed E-state index contributed by atoms with van der Waals surface area (Å²) in [5, 5.41) is 12.6. The lowest BCUT2D eigenvalue weighted by molar-refractivity contribution is -0.149. The number of aliphatic hydroxyl groups is 1. The second-order valence-corrected chi connectivity index (χ2v) is 12.0. The van der Waals surface area contributed by atoms with Crippen LogP contribution < -0.4 is 15.3 Å². The normalized spacial score (nSPS) is 16.5. The van der Waals surface area contributed by atoms with Crippen LogP contribution in [0.3, 0.4) is 0 Å². The molecular formula is C23H32FN6O6PS. The number of nitrogens with zero attached hydrogens (tertiary/aromatic N) is 4. The number of halogens is 1. The first kappa shape index (κ1) is 29.8. The lowest BCUT2D eigenvalue weighted by Crippen LogP contribution is -2.38. The van der Waals surface area contributed by atoms with Crippen molar-refractivity contribution in [3.63, 3.8) is 0 Å². The second kappa shape index (κ2) is 12.9. The van der Waals surface area contributed by atoms with E-state index < -0.39 is 37.2 Å². The summed E-state index contributed by atoms with van der Waals surface area (Å²) < 4.78 is 39.5. The minimum Gasteiger partial charge on any atom is -0.462 e. The lowest BCUT2D eigenvalue weighted by atomic mass is 10.1. The molecule has 15 heteroatoms. The molecule has 0 spiro atoms. The maximum atomic E-state index is 15.3. The van der Waals surface area contributed by atoms with Crippen molar-refractivity contribution in [1.82, 2.24) is 24.6 Å². The Labute approximate surface area is 224 Å². The molecule has 0 fully saturated rings. The smallest absolute Gasteiger partial charge is 0.323 e. The lowest BCUT2D eigenvalue weighted by Gasteiger charge is -2.30. The predicted octanol–water partition coefficient (Wildman–Crippen LogP) is 2.89. The molecular weight excluding hydrogens is 538 g/mol. The number of carbonyl (C=O) groups is 1. The third-order valence-corrected chi connectivity index (χ3v) is 7.59. The van der Waals surface area contributed by atoms with E-state index in [1.54, 1.807) is 45.0 Å². The van der Waals surface area contributed by atoms with Crippen LogP contribution in [0.4, 0.5) is 10.3 Å². The number of alkyl halides is 1. The van der Waals surface area contributed by atoms with Gasteiger partial charge >= 0.3 is 12.6 Å². The number of para-hydroxylation sites is 1. The maximum Gasteiger partial charge on any atom is 0.323 e. The highest BCUT2D eigenvalue weighted by atomic mass is 32.5. The van der Waals surface area contributed by atoms with E-state index >= 15 is 4.39 Å². The van der Waals surface area contributed by atoms with Gasteiger partial charge in [-0.2, -0.15) is 4.98 Å². The van der Waals surface area contributed by atoms with Gasteiger partial charge in [0, 0.05) is 0 Å². The van der Waals surface area contributed by atoms with E-state index in [9.17, 15) is 9.90 Å². The number of fused-ring (bicyclic) bond motifs is 1. The number of hydrogen-bond donors (Lipinski definition) is 3. The summed E-state index contributed by atoms with van der Waals surface area (Å²) in [7, 11) is 0. The minimum absolute atomic E-state index is 0.0270. The van der Waals surface area contributed by atoms with E-state index in [1.165, 1.54) is 24.0 Å². The zero-order valence-electron chi connectivity index (χ0n) is 21.5. The zero-order valence-corrected chi connectivity index (χ0v) is 23.2. The number of rotatable bonds is 14. The Hall–Kier alpha value is -2.74. The molecule has 0 radical (unpaired) electrons.